The van der Waals surface area contributed by atoms with Crippen LogP contribution in [0.2, 0.25) is 0 Å². The van der Waals surface area contributed by atoms with Crippen molar-refractivity contribution in [3.8, 4) is 55.6 Å². The molecule has 0 fully saturated rings. The number of hydrogen-bond donors (Lipinski definition) is 0. The maximum atomic E-state index is 2.50. The lowest BCUT2D eigenvalue weighted by Gasteiger charge is -2.50. The lowest BCUT2D eigenvalue weighted by Crippen LogP contribution is -2.44. The van der Waals surface area contributed by atoms with E-state index in [1.807, 2.05) is 0 Å². The van der Waals surface area contributed by atoms with Gasteiger partial charge in [0.15, 0.2) is 0 Å². The van der Waals surface area contributed by atoms with Gasteiger partial charge < -0.3 is 4.90 Å². The Kier molecular flexibility index (Phi) is 10.7. The third-order valence-corrected chi connectivity index (χ3v) is 16.1. The molecule has 2 aliphatic rings. The third-order valence-electron chi connectivity index (χ3n) is 16.1. The summed E-state index contributed by atoms with van der Waals surface area (Å²) in [5.74, 6) is 0. The molecule has 0 radical (unpaired) electrons. The van der Waals surface area contributed by atoms with E-state index in [2.05, 4.69) is 314 Å². The Morgan fingerprint density at radius 1 is 0.200 bits per heavy atom. The van der Waals surface area contributed by atoms with Crippen LogP contribution in [0.4, 0.5) is 17.1 Å². The van der Waals surface area contributed by atoms with E-state index in [4.69, 9.17) is 0 Å². The van der Waals surface area contributed by atoms with Crippen LogP contribution in [0.3, 0.4) is 0 Å². The summed E-state index contributed by atoms with van der Waals surface area (Å²) in [7, 11) is 0. The molecule has 2 aliphatic carbocycles. The van der Waals surface area contributed by atoms with Gasteiger partial charge in [-0.2, -0.15) is 0 Å². The fraction of sp³-hybridized carbons (Fsp3) is 0.0270. The van der Waals surface area contributed by atoms with E-state index in [-0.39, 0.29) is 0 Å². The maximum absolute atomic E-state index is 2.50. The van der Waals surface area contributed by atoms with E-state index in [1.165, 1.54) is 83.5 Å². The average molecular weight is 954 g/mol. The Hall–Kier alpha value is -9.56. The van der Waals surface area contributed by atoms with Gasteiger partial charge in [0.1, 0.15) is 0 Å². The highest BCUT2D eigenvalue weighted by Gasteiger charge is 2.56. The van der Waals surface area contributed by atoms with Crippen molar-refractivity contribution in [2.24, 2.45) is 0 Å². The molecule has 0 unspecified atom stereocenters. The van der Waals surface area contributed by atoms with Gasteiger partial charge in [-0.3, -0.25) is 0 Å². The summed E-state index contributed by atoms with van der Waals surface area (Å²) in [5, 5.41) is 0. The van der Waals surface area contributed by atoms with Gasteiger partial charge in [-0.1, -0.05) is 273 Å². The van der Waals surface area contributed by atoms with Crippen LogP contribution in [0.25, 0.3) is 55.6 Å². The quantitative estimate of drug-likeness (QED) is 0.139. The second-order valence-corrected chi connectivity index (χ2v) is 19.9. The van der Waals surface area contributed by atoms with Crippen LogP contribution in [0.15, 0.2) is 309 Å². The van der Waals surface area contributed by atoms with Crippen molar-refractivity contribution in [1.29, 1.82) is 0 Å². The maximum Gasteiger partial charge on any atom is 0.0720 e. The van der Waals surface area contributed by atoms with Gasteiger partial charge in [-0.15, -0.1) is 0 Å². The first kappa shape index (κ1) is 44.2. The molecule has 1 spiro atoms. The number of nitrogens with zero attached hydrogens (tertiary/aromatic N) is 1. The van der Waals surface area contributed by atoms with Gasteiger partial charge in [-0.25, -0.2) is 0 Å². The molecule has 0 aliphatic heterocycles. The number of fused-ring (bicyclic) bond motifs is 9. The first-order valence-electron chi connectivity index (χ1n) is 26.1. The van der Waals surface area contributed by atoms with E-state index < -0.39 is 10.8 Å². The standard InChI is InChI=1S/C74H51N/c1-5-21-52(22-6-1)54-37-39-57(40-38-54)63-29-14-20-36-72(63)75(61-46-41-55(42-47-61)53-23-7-2-8-24-53)62-48-43-56(44-49-62)58-45-50-65-64-30-13-15-31-66(64)74(71(65)51-58)69-34-18-16-32-67(69)73(59-25-9-3-10-26-59,60-27-11-4-12-28-60)68-33-17-19-35-70(68)74/h1-51H. The Balaban J connectivity index is 0.919. The summed E-state index contributed by atoms with van der Waals surface area (Å²) in [6.45, 7) is 0. The second-order valence-electron chi connectivity index (χ2n) is 19.9. The summed E-state index contributed by atoms with van der Waals surface area (Å²) in [5.41, 5.74) is 24.6. The highest BCUT2D eigenvalue weighted by atomic mass is 15.1. The Labute approximate surface area is 440 Å². The molecule has 12 aromatic carbocycles. The largest absolute Gasteiger partial charge is 0.310 e. The van der Waals surface area contributed by atoms with Gasteiger partial charge in [0, 0.05) is 16.9 Å². The zero-order chi connectivity index (χ0) is 49.8. The summed E-state index contributed by atoms with van der Waals surface area (Å²) in [4.78, 5) is 2.41. The smallest absolute Gasteiger partial charge is 0.0720 e. The number of benzene rings is 12. The molecule has 0 bridgehead atoms. The predicted octanol–water partition coefficient (Wildman–Crippen LogP) is 18.9. The van der Waals surface area contributed by atoms with Crippen LogP contribution in [0, 0.1) is 0 Å². The van der Waals surface area contributed by atoms with E-state index in [0.717, 1.165) is 33.8 Å². The van der Waals surface area contributed by atoms with E-state index in [1.54, 1.807) is 0 Å². The average Bonchev–Trinajstić information content (AvgIpc) is 3.99. The lowest BCUT2D eigenvalue weighted by atomic mass is 9.51. The first-order chi connectivity index (χ1) is 37.2. The van der Waals surface area contributed by atoms with Gasteiger partial charge in [-0.05, 0) is 131 Å². The van der Waals surface area contributed by atoms with Crippen molar-refractivity contribution in [2.75, 3.05) is 4.90 Å². The van der Waals surface area contributed by atoms with E-state index >= 15 is 0 Å². The van der Waals surface area contributed by atoms with Crippen molar-refractivity contribution in [2.45, 2.75) is 10.8 Å². The van der Waals surface area contributed by atoms with Crippen molar-refractivity contribution in [3.63, 3.8) is 0 Å². The van der Waals surface area contributed by atoms with Crippen molar-refractivity contribution in [3.05, 3.63) is 354 Å². The summed E-state index contributed by atoms with van der Waals surface area (Å²) in [6, 6.07) is 114. The normalized spacial score (nSPS) is 13.3. The molecule has 0 heterocycles. The molecule has 1 heteroatoms. The van der Waals surface area contributed by atoms with Crippen LogP contribution in [-0.4, -0.2) is 0 Å². The molecule has 0 saturated carbocycles. The minimum absolute atomic E-state index is 0.552. The number of hydrogen-bond acceptors (Lipinski definition) is 1. The molecule has 12 aromatic rings. The Morgan fingerprint density at radius 3 is 1.04 bits per heavy atom. The molecule has 1 nitrogen and oxygen atoms in total. The molecular weight excluding hydrogens is 903 g/mol. The minimum atomic E-state index is -0.576. The molecule has 0 saturated heterocycles. The SMILES string of the molecule is c1ccc(-c2ccc(-c3ccccc3N(c3ccc(-c4ccccc4)cc3)c3ccc(-c4ccc5c(c4)C4(c6ccccc6-5)c5ccccc5C(c5ccccc5)(c5ccccc5)c5ccccc54)cc3)cc2)cc1. The first-order valence-corrected chi connectivity index (χ1v) is 26.1. The molecule has 0 atom stereocenters. The number of anilines is 3. The zero-order valence-electron chi connectivity index (χ0n) is 41.4. The van der Waals surface area contributed by atoms with Gasteiger partial charge in [0.25, 0.3) is 0 Å². The van der Waals surface area contributed by atoms with Crippen molar-refractivity contribution in [1.82, 2.24) is 0 Å². The molecule has 352 valence electrons. The molecular formula is C74H51N. The fourth-order valence-electron chi connectivity index (χ4n) is 12.8. The van der Waals surface area contributed by atoms with Crippen LogP contribution < -0.4 is 4.90 Å². The second kappa shape index (κ2) is 18.2. The number of para-hydroxylation sites is 1. The topological polar surface area (TPSA) is 3.24 Å². The molecule has 0 aromatic heterocycles. The highest BCUT2D eigenvalue weighted by Crippen LogP contribution is 2.64. The van der Waals surface area contributed by atoms with Gasteiger partial charge in [0.05, 0.1) is 16.5 Å². The summed E-state index contributed by atoms with van der Waals surface area (Å²) >= 11 is 0. The molecule has 75 heavy (non-hydrogen) atoms. The predicted molar refractivity (Wildman–Crippen MR) is 312 cm³/mol. The van der Waals surface area contributed by atoms with Crippen molar-refractivity contribution < 1.29 is 0 Å². The third kappa shape index (κ3) is 7.00. The zero-order valence-corrected chi connectivity index (χ0v) is 41.4. The van der Waals surface area contributed by atoms with Gasteiger partial charge >= 0.3 is 0 Å². The monoisotopic (exact) mass is 953 g/mol. The summed E-state index contributed by atoms with van der Waals surface area (Å²) in [6.07, 6.45) is 0. The number of rotatable bonds is 9. The molecule has 14 rings (SSSR count). The fourth-order valence-corrected chi connectivity index (χ4v) is 12.8. The Bertz CT molecular complexity index is 3920. The molecule has 0 amide bonds. The van der Waals surface area contributed by atoms with Crippen molar-refractivity contribution >= 4 is 17.1 Å². The van der Waals surface area contributed by atoms with Crippen LogP contribution in [0.1, 0.15) is 44.5 Å². The van der Waals surface area contributed by atoms with Crippen LogP contribution in [-0.2, 0) is 10.8 Å². The van der Waals surface area contributed by atoms with E-state index in [9.17, 15) is 0 Å². The lowest BCUT2D eigenvalue weighted by molar-refractivity contribution is 0.624. The van der Waals surface area contributed by atoms with Crippen LogP contribution in [0.5, 0.6) is 0 Å². The minimum Gasteiger partial charge on any atom is -0.310 e. The van der Waals surface area contributed by atoms with Gasteiger partial charge in [0.2, 0.25) is 0 Å². The summed E-state index contributed by atoms with van der Waals surface area (Å²) < 4.78 is 0. The Morgan fingerprint density at radius 2 is 0.533 bits per heavy atom. The highest BCUT2D eigenvalue weighted by molar-refractivity contribution is 5.93. The van der Waals surface area contributed by atoms with Crippen LogP contribution >= 0.6 is 0 Å². The molecule has 0 N–H and O–H groups in total. The van der Waals surface area contributed by atoms with E-state index in [0.29, 0.717) is 0 Å².